The quantitative estimate of drug-likeness (QED) is 0.861. The summed E-state index contributed by atoms with van der Waals surface area (Å²) in [5, 5.41) is 13.1. The zero-order valence-corrected chi connectivity index (χ0v) is 9.77. The van der Waals surface area contributed by atoms with Crippen molar-refractivity contribution in [3.05, 3.63) is 16.1 Å². The van der Waals surface area contributed by atoms with Crippen molar-refractivity contribution in [2.24, 2.45) is 0 Å². The van der Waals surface area contributed by atoms with Gasteiger partial charge in [-0.05, 0) is 24.4 Å². The van der Waals surface area contributed by atoms with Crippen LogP contribution in [-0.4, -0.2) is 26.9 Å². The lowest BCUT2D eigenvalue weighted by Crippen LogP contribution is -2.38. The van der Waals surface area contributed by atoms with E-state index in [0.29, 0.717) is 18.4 Å². The van der Waals surface area contributed by atoms with Crippen LogP contribution in [0.4, 0.5) is 0 Å². The normalized spacial score (nSPS) is 16.8. The van der Waals surface area contributed by atoms with Gasteiger partial charge in [-0.1, -0.05) is 11.6 Å². The summed E-state index contributed by atoms with van der Waals surface area (Å²) in [7, 11) is 0. The Labute approximate surface area is 101 Å². The fourth-order valence-electron chi connectivity index (χ4n) is 1.46. The zero-order chi connectivity index (χ0) is 11.8. The Hall–Kier alpha value is -1.14. The van der Waals surface area contributed by atoms with E-state index in [2.05, 4.69) is 9.69 Å². The highest BCUT2D eigenvalue weighted by Gasteiger charge is 2.46. The SMILES string of the molecule is O=C(O)CC1(NC(=O)c2csnc2Cl)CC1. The molecule has 0 unspecified atom stereocenters. The molecule has 2 rings (SSSR count). The van der Waals surface area contributed by atoms with Gasteiger partial charge in [0.25, 0.3) is 5.91 Å². The Bertz CT molecular complexity index is 442. The highest BCUT2D eigenvalue weighted by Crippen LogP contribution is 2.39. The van der Waals surface area contributed by atoms with Crippen molar-refractivity contribution in [1.82, 2.24) is 9.69 Å². The molecule has 1 aliphatic carbocycles. The van der Waals surface area contributed by atoms with Crippen LogP contribution in [0.2, 0.25) is 5.15 Å². The van der Waals surface area contributed by atoms with Gasteiger partial charge in [-0.3, -0.25) is 9.59 Å². The van der Waals surface area contributed by atoms with Crippen LogP contribution in [0.15, 0.2) is 5.38 Å². The molecule has 1 heterocycles. The lowest BCUT2D eigenvalue weighted by molar-refractivity contribution is -0.137. The lowest BCUT2D eigenvalue weighted by Gasteiger charge is -2.14. The smallest absolute Gasteiger partial charge is 0.305 e. The van der Waals surface area contributed by atoms with Crippen LogP contribution in [0.5, 0.6) is 0 Å². The summed E-state index contributed by atoms with van der Waals surface area (Å²) in [6.45, 7) is 0. The second kappa shape index (κ2) is 4.03. The third kappa shape index (κ3) is 2.33. The molecule has 0 bridgehead atoms. The minimum atomic E-state index is -0.910. The van der Waals surface area contributed by atoms with E-state index in [9.17, 15) is 9.59 Å². The Morgan fingerprint density at radius 1 is 1.62 bits per heavy atom. The monoisotopic (exact) mass is 260 g/mol. The number of carboxylic acids is 1. The van der Waals surface area contributed by atoms with E-state index < -0.39 is 11.5 Å². The molecule has 16 heavy (non-hydrogen) atoms. The van der Waals surface area contributed by atoms with Crippen LogP contribution in [0.3, 0.4) is 0 Å². The van der Waals surface area contributed by atoms with Crippen LogP contribution in [-0.2, 0) is 4.79 Å². The predicted molar refractivity (Wildman–Crippen MR) is 58.8 cm³/mol. The van der Waals surface area contributed by atoms with Gasteiger partial charge in [0.05, 0.1) is 17.5 Å². The van der Waals surface area contributed by atoms with Crippen LogP contribution >= 0.6 is 23.1 Å². The van der Waals surface area contributed by atoms with Gasteiger partial charge in [-0.2, -0.15) is 4.37 Å². The van der Waals surface area contributed by atoms with Gasteiger partial charge in [-0.25, -0.2) is 0 Å². The maximum Gasteiger partial charge on any atom is 0.305 e. The van der Waals surface area contributed by atoms with Gasteiger partial charge in [0.1, 0.15) is 0 Å². The van der Waals surface area contributed by atoms with Crippen molar-refractivity contribution in [3.63, 3.8) is 0 Å². The van der Waals surface area contributed by atoms with Crippen molar-refractivity contribution in [2.75, 3.05) is 0 Å². The molecule has 1 saturated carbocycles. The largest absolute Gasteiger partial charge is 0.481 e. The molecule has 5 nitrogen and oxygen atoms in total. The van der Waals surface area contributed by atoms with Crippen LogP contribution < -0.4 is 5.32 Å². The first kappa shape index (κ1) is 11.3. The third-order valence-corrected chi connectivity index (χ3v) is 3.51. The van der Waals surface area contributed by atoms with Crippen LogP contribution in [0.1, 0.15) is 29.6 Å². The number of nitrogens with zero attached hydrogens (tertiary/aromatic N) is 1. The van der Waals surface area contributed by atoms with Gasteiger partial charge >= 0.3 is 5.97 Å². The van der Waals surface area contributed by atoms with E-state index in [1.165, 1.54) is 0 Å². The molecule has 1 aromatic rings. The first-order valence-electron chi connectivity index (χ1n) is 4.67. The van der Waals surface area contributed by atoms with E-state index >= 15 is 0 Å². The number of carbonyl (C=O) groups is 2. The number of hydrogen-bond acceptors (Lipinski definition) is 4. The molecule has 1 aromatic heterocycles. The van der Waals surface area contributed by atoms with Crippen molar-refractivity contribution < 1.29 is 14.7 Å². The van der Waals surface area contributed by atoms with Crippen LogP contribution in [0.25, 0.3) is 0 Å². The number of aliphatic carboxylic acids is 1. The zero-order valence-electron chi connectivity index (χ0n) is 8.20. The van der Waals surface area contributed by atoms with Gasteiger partial charge in [0, 0.05) is 5.38 Å². The second-order valence-electron chi connectivity index (χ2n) is 3.82. The summed E-state index contributed by atoms with van der Waals surface area (Å²) in [5.74, 6) is -1.26. The fourth-order valence-corrected chi connectivity index (χ4v) is 2.36. The number of carbonyl (C=O) groups excluding carboxylic acids is 1. The Morgan fingerprint density at radius 2 is 2.31 bits per heavy atom. The van der Waals surface area contributed by atoms with Gasteiger partial charge in [0.15, 0.2) is 5.15 Å². The van der Waals surface area contributed by atoms with E-state index in [4.69, 9.17) is 16.7 Å². The average molecular weight is 261 g/mol. The number of halogens is 1. The molecule has 0 aliphatic heterocycles. The average Bonchev–Trinajstić information content (AvgIpc) is 2.76. The molecular formula is C9H9ClN2O3S. The molecule has 1 amide bonds. The fraction of sp³-hybridized carbons (Fsp3) is 0.444. The number of aromatic nitrogens is 1. The van der Waals surface area contributed by atoms with E-state index in [-0.39, 0.29) is 17.5 Å². The maximum atomic E-state index is 11.7. The van der Waals surface area contributed by atoms with Crippen molar-refractivity contribution in [3.8, 4) is 0 Å². The minimum Gasteiger partial charge on any atom is -0.481 e. The third-order valence-electron chi connectivity index (χ3n) is 2.49. The Kier molecular flexibility index (Phi) is 2.86. The topological polar surface area (TPSA) is 79.3 Å². The molecule has 0 radical (unpaired) electrons. The number of hydrogen-bond donors (Lipinski definition) is 2. The first-order chi connectivity index (χ1) is 7.52. The molecule has 0 spiro atoms. The number of amides is 1. The molecular weight excluding hydrogens is 252 g/mol. The number of carboxylic acid groups (broad SMARTS) is 1. The molecule has 0 aromatic carbocycles. The molecule has 2 N–H and O–H groups in total. The van der Waals surface area contributed by atoms with Gasteiger partial charge in [0.2, 0.25) is 0 Å². The lowest BCUT2D eigenvalue weighted by atomic mass is 10.1. The van der Waals surface area contributed by atoms with Crippen molar-refractivity contribution >= 4 is 35.0 Å². The summed E-state index contributed by atoms with van der Waals surface area (Å²) < 4.78 is 3.78. The Morgan fingerprint density at radius 3 is 2.75 bits per heavy atom. The van der Waals surface area contributed by atoms with E-state index in [0.717, 1.165) is 11.5 Å². The van der Waals surface area contributed by atoms with Crippen molar-refractivity contribution in [2.45, 2.75) is 24.8 Å². The first-order valence-corrected chi connectivity index (χ1v) is 5.88. The summed E-state index contributed by atoms with van der Waals surface area (Å²) in [6.07, 6.45) is 1.34. The maximum absolute atomic E-state index is 11.7. The molecule has 1 aliphatic rings. The van der Waals surface area contributed by atoms with E-state index in [1.54, 1.807) is 5.38 Å². The standard InChI is InChI=1S/C9H9ClN2O3S/c10-7-5(4-16-12-7)8(15)11-9(1-2-9)3-6(13)14/h4H,1-3H2,(H,11,15)(H,13,14). The summed E-state index contributed by atoms with van der Waals surface area (Å²) in [5.41, 5.74) is -0.267. The van der Waals surface area contributed by atoms with Crippen LogP contribution in [0, 0.1) is 0 Å². The van der Waals surface area contributed by atoms with Gasteiger partial charge in [-0.15, -0.1) is 0 Å². The summed E-state index contributed by atoms with van der Waals surface area (Å²) in [6, 6.07) is 0. The minimum absolute atomic E-state index is 0.0477. The number of rotatable bonds is 4. The Balaban J connectivity index is 2.03. The summed E-state index contributed by atoms with van der Waals surface area (Å²) in [4.78, 5) is 22.3. The number of nitrogens with one attached hydrogen (secondary N) is 1. The molecule has 1 fully saturated rings. The van der Waals surface area contributed by atoms with Gasteiger partial charge < -0.3 is 10.4 Å². The predicted octanol–water partition coefficient (Wildman–Crippen LogP) is 1.53. The molecule has 0 saturated heterocycles. The van der Waals surface area contributed by atoms with Crippen molar-refractivity contribution in [1.29, 1.82) is 0 Å². The summed E-state index contributed by atoms with van der Waals surface area (Å²) >= 11 is 6.81. The molecule has 0 atom stereocenters. The highest BCUT2D eigenvalue weighted by atomic mass is 35.5. The highest BCUT2D eigenvalue weighted by molar-refractivity contribution is 7.04. The van der Waals surface area contributed by atoms with E-state index in [1.807, 2.05) is 0 Å². The molecule has 7 heteroatoms. The second-order valence-corrected chi connectivity index (χ2v) is 4.81. The molecule has 86 valence electrons.